The smallest absolute Gasteiger partial charge is 0.448 e. The summed E-state index contributed by atoms with van der Waals surface area (Å²) in [5, 5.41) is 28.6. The van der Waals surface area contributed by atoms with Gasteiger partial charge < -0.3 is 25.1 Å². The summed E-state index contributed by atoms with van der Waals surface area (Å²) in [6.07, 6.45) is 1.78. The summed E-state index contributed by atoms with van der Waals surface area (Å²) in [6, 6.07) is 6.48. The molecule has 0 radical (unpaired) electrons. The molecule has 22 heavy (non-hydrogen) atoms. The number of aliphatic hydroxyl groups excluding tert-OH is 2. The maximum Gasteiger partial charge on any atom is 0.448 e. The fraction of sp³-hybridized carbons (Fsp3) is 0.214. The quantitative estimate of drug-likeness (QED) is 0.541. The molecule has 0 saturated heterocycles. The molecule has 0 spiro atoms. The van der Waals surface area contributed by atoms with E-state index in [1.54, 1.807) is 12.1 Å². The third-order valence-corrected chi connectivity index (χ3v) is 3.66. The Kier molecular flexibility index (Phi) is 4.71. The van der Waals surface area contributed by atoms with E-state index < -0.39 is 7.75 Å². The Bertz CT molecular complexity index is 699. The normalized spacial score (nSPS) is 17.7. The first-order valence-electron chi connectivity index (χ1n) is 6.49. The molecule has 0 aliphatic heterocycles. The van der Waals surface area contributed by atoms with Crippen molar-refractivity contribution in [3.63, 3.8) is 0 Å². The minimum Gasteiger partial charge on any atom is -0.512 e. The first kappa shape index (κ1) is 16.3. The minimum atomic E-state index is -4.66. The molecule has 1 aliphatic carbocycles. The predicted octanol–water partition coefficient (Wildman–Crippen LogP) is 2.52. The van der Waals surface area contributed by atoms with E-state index in [0.717, 1.165) is 11.6 Å². The largest absolute Gasteiger partial charge is 0.512 e. The average Bonchev–Trinajstić information content (AvgIpc) is 2.37. The van der Waals surface area contributed by atoms with Crippen LogP contribution in [0.25, 0.3) is 0 Å². The fourth-order valence-electron chi connectivity index (χ4n) is 2.18. The molecule has 0 heterocycles. The second-order valence-corrected chi connectivity index (χ2v) is 6.13. The van der Waals surface area contributed by atoms with Crippen molar-refractivity contribution in [2.45, 2.75) is 19.3 Å². The molecule has 0 amide bonds. The number of hydrogen-bond acceptors (Lipinski definition) is 4. The summed E-state index contributed by atoms with van der Waals surface area (Å²) in [6.45, 7) is 0. The van der Waals surface area contributed by atoms with E-state index in [0.29, 0.717) is 12.8 Å². The number of nitrogens with zero attached hydrogens (tertiary/aromatic N) is 1. The molecule has 0 unspecified atom stereocenters. The van der Waals surface area contributed by atoms with Gasteiger partial charge in [-0.05, 0) is 30.5 Å². The van der Waals surface area contributed by atoms with Crippen LogP contribution in [0.5, 0.6) is 5.75 Å². The molecular weight excluding hydrogens is 309 g/mol. The SMILES string of the molecule is O=P(O)(O)N=C1CC(O)=CC(O)=C1CCc1ccc(O)cc1. The van der Waals surface area contributed by atoms with Crippen molar-refractivity contribution in [1.29, 1.82) is 0 Å². The summed E-state index contributed by atoms with van der Waals surface area (Å²) in [5.41, 5.74) is 1.14. The molecule has 118 valence electrons. The Morgan fingerprint density at radius 2 is 1.68 bits per heavy atom. The number of allylic oxidation sites excluding steroid dienone is 3. The maximum absolute atomic E-state index is 11.0. The van der Waals surface area contributed by atoms with E-state index in [-0.39, 0.29) is 35.0 Å². The van der Waals surface area contributed by atoms with Crippen LogP contribution in [0.1, 0.15) is 18.4 Å². The highest BCUT2D eigenvalue weighted by molar-refractivity contribution is 7.50. The highest BCUT2D eigenvalue weighted by atomic mass is 31.2. The lowest BCUT2D eigenvalue weighted by molar-refractivity contribution is 0.373. The molecule has 8 heteroatoms. The molecule has 1 aliphatic rings. The van der Waals surface area contributed by atoms with Crippen molar-refractivity contribution in [3.05, 3.63) is 53.0 Å². The molecule has 7 nitrogen and oxygen atoms in total. The number of rotatable bonds is 4. The summed E-state index contributed by atoms with van der Waals surface area (Å²) >= 11 is 0. The second-order valence-electron chi connectivity index (χ2n) is 4.90. The van der Waals surface area contributed by atoms with E-state index in [1.807, 2.05) is 0 Å². The van der Waals surface area contributed by atoms with Gasteiger partial charge in [0.25, 0.3) is 0 Å². The Morgan fingerprint density at radius 1 is 1.05 bits per heavy atom. The molecule has 0 bridgehead atoms. The van der Waals surface area contributed by atoms with Crippen LogP contribution in [0.15, 0.2) is 52.2 Å². The monoisotopic (exact) mass is 325 g/mol. The first-order valence-corrected chi connectivity index (χ1v) is 8.06. The number of aryl methyl sites for hydroxylation is 1. The van der Waals surface area contributed by atoms with Crippen molar-refractivity contribution in [2.24, 2.45) is 4.76 Å². The van der Waals surface area contributed by atoms with Gasteiger partial charge in [0.05, 0.1) is 5.71 Å². The minimum absolute atomic E-state index is 0.0235. The molecule has 0 atom stereocenters. The van der Waals surface area contributed by atoms with Gasteiger partial charge in [-0.25, -0.2) is 4.57 Å². The van der Waals surface area contributed by atoms with Crippen LogP contribution in [-0.2, 0) is 11.0 Å². The molecule has 2 rings (SSSR count). The number of phenolic OH excluding ortho intramolecular Hbond substituents is 1. The highest BCUT2D eigenvalue weighted by Crippen LogP contribution is 2.39. The standard InChI is InChI=1S/C14H16NO6P/c16-10-4-1-9(2-5-10)3-6-12-13(15-22(19,20)21)7-11(17)8-14(12)18/h1-2,4-5,8,16-18H,3,6-7H2,(H2,19,20,21). The van der Waals surface area contributed by atoms with Gasteiger partial charge in [0, 0.05) is 18.1 Å². The van der Waals surface area contributed by atoms with Crippen LogP contribution in [0.3, 0.4) is 0 Å². The van der Waals surface area contributed by atoms with E-state index in [1.165, 1.54) is 12.1 Å². The van der Waals surface area contributed by atoms with E-state index in [4.69, 9.17) is 9.79 Å². The predicted molar refractivity (Wildman–Crippen MR) is 80.9 cm³/mol. The topological polar surface area (TPSA) is 131 Å². The number of benzene rings is 1. The summed E-state index contributed by atoms with van der Waals surface area (Å²) in [7, 11) is -4.66. The lowest BCUT2D eigenvalue weighted by Gasteiger charge is -2.17. The Morgan fingerprint density at radius 3 is 2.27 bits per heavy atom. The van der Waals surface area contributed by atoms with Crippen molar-refractivity contribution in [2.75, 3.05) is 0 Å². The Hall–Kier alpha value is -2.08. The highest BCUT2D eigenvalue weighted by Gasteiger charge is 2.23. The van der Waals surface area contributed by atoms with Gasteiger partial charge in [0.1, 0.15) is 17.3 Å². The van der Waals surface area contributed by atoms with Gasteiger partial charge in [0.2, 0.25) is 0 Å². The molecule has 5 N–H and O–H groups in total. The number of phenols is 1. The number of aromatic hydroxyl groups is 1. The van der Waals surface area contributed by atoms with Crippen LogP contribution in [-0.4, -0.2) is 30.8 Å². The number of aliphatic hydroxyl groups is 2. The lowest BCUT2D eigenvalue weighted by Crippen LogP contribution is -2.13. The van der Waals surface area contributed by atoms with Crippen molar-refractivity contribution >= 4 is 13.5 Å². The first-order chi connectivity index (χ1) is 10.2. The van der Waals surface area contributed by atoms with Crippen LogP contribution in [0.2, 0.25) is 0 Å². The van der Waals surface area contributed by atoms with Gasteiger partial charge in [-0.1, -0.05) is 12.1 Å². The third-order valence-electron chi connectivity index (χ3n) is 3.16. The summed E-state index contributed by atoms with van der Waals surface area (Å²) in [4.78, 5) is 17.9. The van der Waals surface area contributed by atoms with Crippen molar-refractivity contribution < 1.29 is 29.7 Å². The van der Waals surface area contributed by atoms with Crippen LogP contribution >= 0.6 is 7.75 Å². The maximum atomic E-state index is 11.0. The molecular formula is C14H16NO6P. The van der Waals surface area contributed by atoms with Crippen molar-refractivity contribution in [1.82, 2.24) is 0 Å². The van der Waals surface area contributed by atoms with Gasteiger partial charge >= 0.3 is 7.75 Å². The Labute approximate surface area is 126 Å². The fourth-order valence-corrected chi connectivity index (χ4v) is 2.69. The zero-order chi connectivity index (χ0) is 16.3. The zero-order valence-electron chi connectivity index (χ0n) is 11.5. The van der Waals surface area contributed by atoms with E-state index >= 15 is 0 Å². The zero-order valence-corrected chi connectivity index (χ0v) is 12.4. The van der Waals surface area contributed by atoms with E-state index in [2.05, 4.69) is 4.76 Å². The van der Waals surface area contributed by atoms with Gasteiger partial charge in [-0.15, -0.1) is 0 Å². The summed E-state index contributed by atoms with van der Waals surface area (Å²) < 4.78 is 14.3. The summed E-state index contributed by atoms with van der Waals surface area (Å²) in [5.74, 6) is -0.326. The lowest BCUT2D eigenvalue weighted by atomic mass is 9.94. The van der Waals surface area contributed by atoms with Gasteiger partial charge in [-0.3, -0.25) is 0 Å². The molecule has 0 saturated carbocycles. The van der Waals surface area contributed by atoms with Crippen molar-refractivity contribution in [3.8, 4) is 5.75 Å². The average molecular weight is 325 g/mol. The molecule has 0 fully saturated rings. The molecule has 1 aromatic rings. The number of hydrogen-bond donors (Lipinski definition) is 5. The van der Waals surface area contributed by atoms with Crippen LogP contribution in [0, 0.1) is 0 Å². The van der Waals surface area contributed by atoms with E-state index in [9.17, 15) is 19.9 Å². The van der Waals surface area contributed by atoms with Gasteiger partial charge in [-0.2, -0.15) is 4.76 Å². The molecule has 0 aromatic heterocycles. The third kappa shape index (κ3) is 4.46. The van der Waals surface area contributed by atoms with Crippen LogP contribution < -0.4 is 0 Å². The van der Waals surface area contributed by atoms with Gasteiger partial charge in [0.15, 0.2) is 0 Å². The Balaban J connectivity index is 2.24. The van der Waals surface area contributed by atoms with Crippen LogP contribution in [0.4, 0.5) is 0 Å². The molecule has 1 aromatic carbocycles. The second kappa shape index (κ2) is 6.36.